The first-order chi connectivity index (χ1) is 11.5. The van der Waals surface area contributed by atoms with Crippen LogP contribution in [0.1, 0.15) is 17.0 Å². The molecule has 0 radical (unpaired) electrons. The van der Waals surface area contributed by atoms with E-state index >= 15 is 0 Å². The van der Waals surface area contributed by atoms with Gasteiger partial charge in [-0.3, -0.25) is 9.59 Å². The summed E-state index contributed by atoms with van der Waals surface area (Å²) < 4.78 is 15.3. The fraction of sp³-hybridized carbons (Fsp3) is 0.250. The molecular formula is C16H14O8. The van der Waals surface area contributed by atoms with Gasteiger partial charge in [-0.25, -0.2) is 0 Å². The minimum absolute atomic E-state index is 0.0174. The lowest BCUT2D eigenvalue weighted by molar-refractivity contribution is -0.144. The second-order valence-electron chi connectivity index (χ2n) is 5.22. The van der Waals surface area contributed by atoms with Crippen LogP contribution in [0.15, 0.2) is 33.7 Å². The van der Waals surface area contributed by atoms with E-state index in [-0.39, 0.29) is 29.1 Å². The number of aliphatic hydroxyl groups excluding tert-OH is 2. The lowest BCUT2D eigenvalue weighted by Crippen LogP contribution is -2.30. The maximum atomic E-state index is 12.8. The van der Waals surface area contributed by atoms with Crippen LogP contribution in [0.5, 0.6) is 11.7 Å². The molecule has 1 aromatic carbocycles. The van der Waals surface area contributed by atoms with Gasteiger partial charge in [-0.05, 0) is 23.8 Å². The molecule has 126 valence electrons. The molecule has 24 heavy (non-hydrogen) atoms. The Morgan fingerprint density at radius 2 is 2.12 bits per heavy atom. The monoisotopic (exact) mass is 334 g/mol. The van der Waals surface area contributed by atoms with Crippen LogP contribution in [0, 0.1) is 0 Å². The largest absolute Gasteiger partial charge is 0.507 e. The lowest BCUT2D eigenvalue weighted by atomic mass is 9.93. The smallest absolute Gasteiger partial charge is 0.316 e. The van der Waals surface area contributed by atoms with Crippen LogP contribution in [0.4, 0.5) is 0 Å². The molecule has 0 saturated heterocycles. The molecule has 1 aromatic heterocycles. The summed E-state index contributed by atoms with van der Waals surface area (Å²) >= 11 is 0. The summed E-state index contributed by atoms with van der Waals surface area (Å²) in [5, 5.41) is 29.2. The van der Waals surface area contributed by atoms with Crippen molar-refractivity contribution in [3.63, 3.8) is 0 Å². The summed E-state index contributed by atoms with van der Waals surface area (Å²) in [4.78, 5) is 24.8. The topological polar surface area (TPSA) is 126 Å². The van der Waals surface area contributed by atoms with Gasteiger partial charge in [0, 0.05) is 0 Å². The number of ether oxygens (including phenoxy) is 2. The van der Waals surface area contributed by atoms with Crippen LogP contribution in [0.2, 0.25) is 0 Å². The molecule has 0 spiro atoms. The molecule has 0 amide bonds. The van der Waals surface area contributed by atoms with Gasteiger partial charge in [0.05, 0.1) is 31.6 Å². The van der Waals surface area contributed by atoms with Crippen LogP contribution >= 0.6 is 0 Å². The van der Waals surface area contributed by atoms with Gasteiger partial charge < -0.3 is 29.2 Å². The van der Waals surface area contributed by atoms with Gasteiger partial charge >= 0.3 is 5.97 Å². The van der Waals surface area contributed by atoms with Crippen molar-refractivity contribution >= 4 is 16.9 Å². The third-order valence-corrected chi connectivity index (χ3v) is 3.78. The number of methoxy groups -OCH3 is 1. The molecule has 1 aliphatic heterocycles. The Morgan fingerprint density at radius 1 is 1.38 bits per heavy atom. The van der Waals surface area contributed by atoms with Gasteiger partial charge in [-0.1, -0.05) is 0 Å². The summed E-state index contributed by atoms with van der Waals surface area (Å²) in [5.41, 5.74) is -0.668. The Hall–Kier alpha value is -2.84. The van der Waals surface area contributed by atoms with E-state index < -0.39 is 29.2 Å². The minimum atomic E-state index is -1.36. The van der Waals surface area contributed by atoms with Crippen molar-refractivity contribution in [2.75, 3.05) is 7.11 Å². The molecule has 3 rings (SSSR count). The average molecular weight is 334 g/mol. The van der Waals surface area contributed by atoms with E-state index in [0.29, 0.717) is 5.56 Å². The number of phenolic OH excluding ortho intramolecular Hbond substituents is 1. The molecule has 0 unspecified atom stereocenters. The fourth-order valence-corrected chi connectivity index (χ4v) is 2.64. The quantitative estimate of drug-likeness (QED) is 0.678. The number of benzene rings is 1. The number of esters is 1. The van der Waals surface area contributed by atoms with E-state index in [1.54, 1.807) is 0 Å². The third kappa shape index (κ3) is 2.41. The molecule has 3 N–H and O–H groups in total. The van der Waals surface area contributed by atoms with E-state index in [0.717, 1.165) is 13.4 Å². The van der Waals surface area contributed by atoms with Crippen LogP contribution in [0.3, 0.4) is 0 Å². The zero-order valence-electron chi connectivity index (χ0n) is 12.6. The second-order valence-corrected chi connectivity index (χ2v) is 5.22. The van der Waals surface area contributed by atoms with Crippen molar-refractivity contribution in [3.8, 4) is 11.7 Å². The highest BCUT2D eigenvalue weighted by Crippen LogP contribution is 2.35. The van der Waals surface area contributed by atoms with Gasteiger partial charge in [0.2, 0.25) is 5.43 Å². The second kappa shape index (κ2) is 5.99. The average Bonchev–Trinajstić information content (AvgIpc) is 2.72. The third-order valence-electron chi connectivity index (χ3n) is 3.78. The number of hydrogen-bond acceptors (Lipinski definition) is 8. The van der Waals surface area contributed by atoms with Crippen LogP contribution in [-0.4, -0.2) is 34.5 Å². The first kappa shape index (κ1) is 16.0. The summed E-state index contributed by atoms with van der Waals surface area (Å²) in [5.74, 6) is -2.91. The van der Waals surface area contributed by atoms with Gasteiger partial charge in [-0.15, -0.1) is 0 Å². The molecule has 0 saturated carbocycles. The Kier molecular flexibility index (Phi) is 4.00. The van der Waals surface area contributed by atoms with E-state index in [9.17, 15) is 24.9 Å². The number of hydrogen-bond donors (Lipinski definition) is 3. The van der Waals surface area contributed by atoms with E-state index in [2.05, 4.69) is 4.74 Å². The van der Waals surface area contributed by atoms with E-state index in [4.69, 9.17) is 9.15 Å². The zero-order valence-corrected chi connectivity index (χ0v) is 12.6. The van der Waals surface area contributed by atoms with Crippen LogP contribution in [-0.2, 0) is 16.1 Å². The van der Waals surface area contributed by atoms with Crippen LogP contribution < -0.4 is 10.2 Å². The highest BCUT2D eigenvalue weighted by molar-refractivity contribution is 5.87. The van der Waals surface area contributed by atoms with Crippen molar-refractivity contribution < 1.29 is 34.0 Å². The van der Waals surface area contributed by atoms with Crippen molar-refractivity contribution in [2.45, 2.75) is 18.6 Å². The van der Waals surface area contributed by atoms with E-state index in [1.807, 2.05) is 0 Å². The zero-order chi connectivity index (χ0) is 17.4. The minimum Gasteiger partial charge on any atom is -0.507 e. The van der Waals surface area contributed by atoms with Crippen molar-refractivity contribution in [3.05, 3.63) is 45.8 Å². The number of rotatable bonds is 2. The van der Waals surface area contributed by atoms with Gasteiger partial charge in [0.1, 0.15) is 22.6 Å². The number of carbonyl (C=O) groups excluding carboxylic acids is 1. The molecule has 8 nitrogen and oxygen atoms in total. The van der Waals surface area contributed by atoms with Gasteiger partial charge in [-0.2, -0.15) is 0 Å². The SMILES string of the molecule is COC(=O)[C@@H]1c2c(oc3cc(CO)cc(O)c3c2=O)OC=C[C@@H]1O. The van der Waals surface area contributed by atoms with E-state index in [1.165, 1.54) is 18.2 Å². The Labute approximate surface area is 135 Å². The van der Waals surface area contributed by atoms with Crippen LogP contribution in [0.25, 0.3) is 11.0 Å². The Morgan fingerprint density at radius 3 is 2.79 bits per heavy atom. The maximum absolute atomic E-state index is 12.8. The van der Waals surface area contributed by atoms with Gasteiger partial charge in [0.25, 0.3) is 5.95 Å². The fourth-order valence-electron chi connectivity index (χ4n) is 2.64. The van der Waals surface area contributed by atoms with Crippen molar-refractivity contribution in [2.24, 2.45) is 0 Å². The highest BCUT2D eigenvalue weighted by atomic mass is 16.6. The highest BCUT2D eigenvalue weighted by Gasteiger charge is 2.37. The van der Waals surface area contributed by atoms with Crippen molar-refractivity contribution in [1.82, 2.24) is 0 Å². The summed E-state index contributed by atoms with van der Waals surface area (Å²) in [6.45, 7) is -0.367. The first-order valence-electron chi connectivity index (χ1n) is 7.00. The summed E-state index contributed by atoms with van der Waals surface area (Å²) in [6, 6.07) is 2.59. The molecular weight excluding hydrogens is 320 g/mol. The molecule has 0 bridgehead atoms. The predicted molar refractivity (Wildman–Crippen MR) is 80.6 cm³/mol. The summed E-state index contributed by atoms with van der Waals surface area (Å²) in [6.07, 6.45) is 0.912. The normalized spacial score (nSPS) is 19.5. The molecule has 2 aromatic rings. The number of aliphatic hydroxyl groups is 2. The Balaban J connectivity index is 2.37. The molecule has 2 heterocycles. The van der Waals surface area contributed by atoms with Gasteiger partial charge in [0.15, 0.2) is 0 Å². The molecule has 8 heteroatoms. The summed E-state index contributed by atoms with van der Waals surface area (Å²) in [7, 11) is 1.12. The maximum Gasteiger partial charge on any atom is 0.316 e. The molecule has 0 aliphatic carbocycles. The lowest BCUT2D eigenvalue weighted by Gasteiger charge is -2.17. The predicted octanol–water partition coefficient (Wildman–Crippen LogP) is 0.514. The molecule has 2 atom stereocenters. The number of carbonyl (C=O) groups is 1. The number of aromatic hydroxyl groups is 1. The van der Waals surface area contributed by atoms with Crippen molar-refractivity contribution in [1.29, 1.82) is 0 Å². The molecule has 1 aliphatic rings. The number of phenols is 1. The Bertz CT molecular complexity index is 895. The standard InChI is InChI=1S/C16H14O8/c1-22-15(21)12-8(18)2-3-23-16-13(12)14(20)11-9(19)4-7(6-17)5-10(11)24-16/h2-5,8,12,17-19H,6H2,1H3/t8-,12-/m0/s1. The number of fused-ring (bicyclic) bond motifs is 2. The molecule has 0 fully saturated rings. The first-order valence-corrected chi connectivity index (χ1v) is 7.00.